The van der Waals surface area contributed by atoms with Crippen LogP contribution in [0.5, 0.6) is 0 Å². The molecular formula is C16H18BrN3OS. The number of halogens is 1. The van der Waals surface area contributed by atoms with Gasteiger partial charge in [-0.2, -0.15) is 0 Å². The minimum absolute atomic E-state index is 0.176. The van der Waals surface area contributed by atoms with Gasteiger partial charge in [0.05, 0.1) is 12.1 Å². The molecule has 0 aliphatic carbocycles. The van der Waals surface area contributed by atoms with E-state index < -0.39 is 0 Å². The second-order valence-electron chi connectivity index (χ2n) is 5.32. The van der Waals surface area contributed by atoms with Crippen LogP contribution >= 0.6 is 27.3 Å². The highest BCUT2D eigenvalue weighted by atomic mass is 79.9. The number of nitrogens with zero attached hydrogens (tertiary/aromatic N) is 2. The highest BCUT2D eigenvalue weighted by Gasteiger charge is 2.17. The molecule has 2 heterocycles. The first-order valence-electron chi connectivity index (χ1n) is 7.41. The van der Waals surface area contributed by atoms with Crippen LogP contribution in [-0.2, 0) is 11.2 Å². The zero-order valence-electron chi connectivity index (χ0n) is 12.2. The molecule has 0 bridgehead atoms. The Kier molecular flexibility index (Phi) is 5.23. The van der Waals surface area contributed by atoms with Gasteiger partial charge in [0.15, 0.2) is 0 Å². The highest BCUT2D eigenvalue weighted by molar-refractivity contribution is 9.10. The maximum atomic E-state index is 12.4. The maximum absolute atomic E-state index is 12.4. The summed E-state index contributed by atoms with van der Waals surface area (Å²) in [6, 6.07) is 8.07. The van der Waals surface area contributed by atoms with E-state index in [0.717, 1.165) is 53.3 Å². The van der Waals surface area contributed by atoms with Crippen molar-refractivity contribution in [2.75, 3.05) is 26.2 Å². The van der Waals surface area contributed by atoms with Crippen molar-refractivity contribution in [1.29, 1.82) is 0 Å². The third kappa shape index (κ3) is 3.94. The molecule has 1 amide bonds. The number of aromatic nitrogens is 1. The molecule has 2 aromatic rings. The van der Waals surface area contributed by atoms with Crippen molar-refractivity contribution >= 4 is 33.2 Å². The molecule has 3 rings (SSSR count). The van der Waals surface area contributed by atoms with Crippen LogP contribution in [0.15, 0.2) is 34.1 Å². The molecule has 0 spiro atoms. The molecule has 0 unspecified atom stereocenters. The van der Waals surface area contributed by atoms with Gasteiger partial charge < -0.3 is 10.2 Å². The minimum atomic E-state index is 0.176. The normalized spacial score (nSPS) is 15.6. The van der Waals surface area contributed by atoms with Crippen LogP contribution in [0, 0.1) is 0 Å². The largest absolute Gasteiger partial charge is 0.341 e. The van der Waals surface area contributed by atoms with Gasteiger partial charge >= 0.3 is 0 Å². The van der Waals surface area contributed by atoms with E-state index >= 15 is 0 Å². The zero-order valence-corrected chi connectivity index (χ0v) is 14.6. The van der Waals surface area contributed by atoms with E-state index in [9.17, 15) is 4.79 Å². The Balaban J connectivity index is 1.67. The second kappa shape index (κ2) is 7.35. The summed E-state index contributed by atoms with van der Waals surface area (Å²) in [5, 5.41) is 6.27. The Morgan fingerprint density at radius 3 is 3.14 bits per heavy atom. The van der Waals surface area contributed by atoms with Crippen LogP contribution in [0.1, 0.15) is 12.1 Å². The number of nitrogens with one attached hydrogen (secondary N) is 1. The van der Waals surface area contributed by atoms with E-state index in [4.69, 9.17) is 0 Å². The quantitative estimate of drug-likeness (QED) is 0.891. The first-order chi connectivity index (χ1) is 10.7. The van der Waals surface area contributed by atoms with Crippen LogP contribution in [0.4, 0.5) is 0 Å². The minimum Gasteiger partial charge on any atom is -0.341 e. The summed E-state index contributed by atoms with van der Waals surface area (Å²) in [4.78, 5) is 18.9. The fourth-order valence-electron chi connectivity index (χ4n) is 2.50. The number of benzene rings is 1. The van der Waals surface area contributed by atoms with Crippen LogP contribution in [-0.4, -0.2) is 42.0 Å². The molecule has 1 aromatic heterocycles. The zero-order chi connectivity index (χ0) is 15.4. The highest BCUT2D eigenvalue weighted by Crippen LogP contribution is 2.26. The van der Waals surface area contributed by atoms with Gasteiger partial charge in [-0.1, -0.05) is 28.1 Å². The molecular weight excluding hydrogens is 362 g/mol. The van der Waals surface area contributed by atoms with Gasteiger partial charge in [0, 0.05) is 35.1 Å². The van der Waals surface area contributed by atoms with Gasteiger partial charge in [-0.25, -0.2) is 4.98 Å². The number of hydrogen-bond acceptors (Lipinski definition) is 4. The molecule has 4 nitrogen and oxygen atoms in total. The van der Waals surface area contributed by atoms with Gasteiger partial charge in [-0.3, -0.25) is 4.79 Å². The van der Waals surface area contributed by atoms with Crippen molar-refractivity contribution < 1.29 is 4.79 Å². The summed E-state index contributed by atoms with van der Waals surface area (Å²) in [7, 11) is 0. The average molecular weight is 380 g/mol. The summed E-state index contributed by atoms with van der Waals surface area (Å²) >= 11 is 5.07. The van der Waals surface area contributed by atoms with E-state index in [1.165, 1.54) is 0 Å². The molecule has 6 heteroatoms. The first-order valence-corrected chi connectivity index (χ1v) is 9.08. The summed E-state index contributed by atoms with van der Waals surface area (Å²) in [5.74, 6) is 0.176. The maximum Gasteiger partial charge on any atom is 0.228 e. The molecule has 1 aromatic carbocycles. The molecule has 1 aliphatic rings. The summed E-state index contributed by atoms with van der Waals surface area (Å²) in [5.41, 5.74) is 1.94. The number of hydrogen-bond donors (Lipinski definition) is 1. The first kappa shape index (κ1) is 15.6. The topological polar surface area (TPSA) is 45.2 Å². The van der Waals surface area contributed by atoms with E-state index in [1.54, 1.807) is 11.3 Å². The Hall–Kier alpha value is -1.24. The van der Waals surface area contributed by atoms with E-state index in [1.807, 2.05) is 34.5 Å². The van der Waals surface area contributed by atoms with Crippen LogP contribution in [0.25, 0.3) is 10.6 Å². The molecule has 1 aliphatic heterocycles. The fourth-order valence-corrected chi connectivity index (χ4v) is 3.72. The molecule has 0 radical (unpaired) electrons. The van der Waals surface area contributed by atoms with Crippen LogP contribution in [0.3, 0.4) is 0 Å². The Labute approximate surface area is 142 Å². The third-order valence-electron chi connectivity index (χ3n) is 3.65. The molecule has 0 saturated carbocycles. The average Bonchev–Trinajstić information content (AvgIpc) is 2.80. The predicted molar refractivity (Wildman–Crippen MR) is 93.0 cm³/mol. The lowest BCUT2D eigenvalue weighted by Crippen LogP contribution is -2.35. The molecule has 1 saturated heterocycles. The second-order valence-corrected chi connectivity index (χ2v) is 7.09. The number of rotatable bonds is 3. The number of amides is 1. The number of carbonyl (C=O) groups excluding carboxylic acids is 1. The number of carbonyl (C=O) groups is 1. The lowest BCUT2D eigenvalue weighted by Gasteiger charge is -2.19. The van der Waals surface area contributed by atoms with Gasteiger partial charge in [0.1, 0.15) is 5.01 Å². The van der Waals surface area contributed by atoms with Gasteiger partial charge in [0.25, 0.3) is 0 Å². The van der Waals surface area contributed by atoms with Gasteiger partial charge in [-0.15, -0.1) is 11.3 Å². The van der Waals surface area contributed by atoms with Crippen LogP contribution < -0.4 is 5.32 Å². The fraction of sp³-hybridized carbons (Fsp3) is 0.375. The Morgan fingerprint density at radius 2 is 2.27 bits per heavy atom. The molecule has 1 fully saturated rings. The summed E-state index contributed by atoms with van der Waals surface area (Å²) < 4.78 is 1.04. The Morgan fingerprint density at radius 1 is 1.36 bits per heavy atom. The van der Waals surface area contributed by atoms with Crippen molar-refractivity contribution in [1.82, 2.24) is 15.2 Å². The van der Waals surface area contributed by atoms with Crippen molar-refractivity contribution in [3.05, 3.63) is 39.8 Å². The standard InChI is InChI=1S/C16H18BrN3OS/c17-13-4-1-3-12(9-13)16-19-14(11-22-16)10-15(21)20-7-2-5-18-6-8-20/h1,3-4,9,11,18H,2,5-8,10H2. The summed E-state index contributed by atoms with van der Waals surface area (Å²) in [6.07, 6.45) is 1.41. The molecule has 0 atom stereocenters. The summed E-state index contributed by atoms with van der Waals surface area (Å²) in [6.45, 7) is 3.51. The number of thiazole rings is 1. The Bertz CT molecular complexity index is 650. The predicted octanol–water partition coefficient (Wildman–Crippen LogP) is 2.94. The van der Waals surface area contributed by atoms with Crippen LogP contribution in [0.2, 0.25) is 0 Å². The van der Waals surface area contributed by atoms with E-state index in [2.05, 4.69) is 26.2 Å². The van der Waals surface area contributed by atoms with Crippen molar-refractivity contribution in [3.63, 3.8) is 0 Å². The monoisotopic (exact) mass is 379 g/mol. The SMILES string of the molecule is O=C(Cc1csc(-c2cccc(Br)c2)n1)N1CCCNCC1. The van der Waals surface area contributed by atoms with E-state index in [-0.39, 0.29) is 5.91 Å². The van der Waals surface area contributed by atoms with Gasteiger partial charge in [0.2, 0.25) is 5.91 Å². The smallest absolute Gasteiger partial charge is 0.228 e. The van der Waals surface area contributed by atoms with Crippen molar-refractivity contribution in [2.24, 2.45) is 0 Å². The molecule has 22 heavy (non-hydrogen) atoms. The van der Waals surface area contributed by atoms with Gasteiger partial charge in [-0.05, 0) is 25.1 Å². The van der Waals surface area contributed by atoms with Crippen molar-refractivity contribution in [2.45, 2.75) is 12.8 Å². The van der Waals surface area contributed by atoms with Crippen molar-refractivity contribution in [3.8, 4) is 10.6 Å². The molecule has 116 valence electrons. The third-order valence-corrected chi connectivity index (χ3v) is 5.08. The lowest BCUT2D eigenvalue weighted by molar-refractivity contribution is -0.130. The molecule has 1 N–H and O–H groups in total. The lowest BCUT2D eigenvalue weighted by atomic mass is 10.2. The van der Waals surface area contributed by atoms with E-state index in [0.29, 0.717) is 6.42 Å².